The number of hydrogen-bond donors (Lipinski definition) is 2. The number of thiocarbonyl (C=S) groups is 1. The first-order valence-electron chi connectivity index (χ1n) is 10.2. The molecule has 0 fully saturated rings. The van der Waals surface area contributed by atoms with Gasteiger partial charge in [-0.15, -0.1) is 0 Å². The maximum atomic E-state index is 5.93. The van der Waals surface area contributed by atoms with E-state index in [2.05, 4.69) is 47.8 Å². The molecular formula is C25H28N2O2S. The van der Waals surface area contributed by atoms with Gasteiger partial charge in [0.25, 0.3) is 0 Å². The lowest BCUT2D eigenvalue weighted by Gasteiger charge is -2.10. The van der Waals surface area contributed by atoms with Crippen molar-refractivity contribution in [2.24, 2.45) is 5.73 Å². The van der Waals surface area contributed by atoms with E-state index in [1.165, 1.54) is 11.1 Å². The zero-order valence-corrected chi connectivity index (χ0v) is 17.9. The molecule has 0 spiro atoms. The molecule has 0 aliphatic heterocycles. The lowest BCUT2D eigenvalue weighted by molar-refractivity contribution is 0.279. The molecule has 0 saturated heterocycles. The molecule has 4 nitrogen and oxygen atoms in total. The molecule has 5 heteroatoms. The van der Waals surface area contributed by atoms with Crippen LogP contribution >= 0.6 is 12.2 Å². The first kappa shape index (κ1) is 21.7. The highest BCUT2D eigenvalue weighted by molar-refractivity contribution is 7.80. The number of nitrogens with two attached hydrogens (primary N) is 1. The molecule has 0 radical (unpaired) electrons. The molecule has 3 aromatic carbocycles. The van der Waals surface area contributed by atoms with Crippen molar-refractivity contribution in [1.29, 1.82) is 0 Å². The predicted octanol–water partition coefficient (Wildman–Crippen LogP) is 5.56. The summed E-state index contributed by atoms with van der Waals surface area (Å²) in [6.45, 7) is 1.38. The van der Waals surface area contributed by atoms with Gasteiger partial charge in [0.2, 0.25) is 0 Å². The van der Waals surface area contributed by atoms with Crippen LogP contribution in [0.4, 0.5) is 5.69 Å². The summed E-state index contributed by atoms with van der Waals surface area (Å²) in [7, 11) is 0. The lowest BCUT2D eigenvalue weighted by atomic mass is 10.1. The second kappa shape index (κ2) is 11.8. The summed E-state index contributed by atoms with van der Waals surface area (Å²) in [5.74, 6) is 1.74. The summed E-state index contributed by atoms with van der Waals surface area (Å²) in [6, 6.07) is 26.5. The van der Waals surface area contributed by atoms with Crippen molar-refractivity contribution in [2.75, 3.05) is 18.5 Å². The first-order chi connectivity index (χ1) is 14.7. The highest BCUT2D eigenvalue weighted by Crippen LogP contribution is 2.19. The van der Waals surface area contributed by atoms with E-state index in [9.17, 15) is 0 Å². The maximum Gasteiger partial charge on any atom is 0.168 e. The van der Waals surface area contributed by atoms with Crippen molar-refractivity contribution < 1.29 is 9.47 Å². The molecule has 0 unspecified atom stereocenters. The van der Waals surface area contributed by atoms with Crippen LogP contribution in [0.5, 0.6) is 11.5 Å². The zero-order chi connectivity index (χ0) is 21.0. The van der Waals surface area contributed by atoms with Crippen LogP contribution in [0.15, 0.2) is 78.9 Å². The van der Waals surface area contributed by atoms with E-state index in [4.69, 9.17) is 27.4 Å². The van der Waals surface area contributed by atoms with Gasteiger partial charge in [-0.3, -0.25) is 0 Å². The van der Waals surface area contributed by atoms with Crippen molar-refractivity contribution >= 4 is 23.0 Å². The van der Waals surface area contributed by atoms with Gasteiger partial charge in [0.1, 0.15) is 11.5 Å². The number of ether oxygens (including phenoxy) is 2. The third-order valence-corrected chi connectivity index (χ3v) is 4.68. The Morgan fingerprint density at radius 2 is 1.37 bits per heavy atom. The number of anilines is 1. The molecule has 0 saturated carbocycles. The predicted molar refractivity (Wildman–Crippen MR) is 127 cm³/mol. The summed E-state index contributed by atoms with van der Waals surface area (Å²) in [4.78, 5) is 0. The van der Waals surface area contributed by atoms with Crippen LogP contribution in [0.1, 0.15) is 30.4 Å². The average Bonchev–Trinajstić information content (AvgIpc) is 2.74. The van der Waals surface area contributed by atoms with Gasteiger partial charge in [0.05, 0.1) is 13.2 Å². The van der Waals surface area contributed by atoms with Gasteiger partial charge in [0.15, 0.2) is 5.11 Å². The van der Waals surface area contributed by atoms with Crippen LogP contribution in [0, 0.1) is 0 Å². The van der Waals surface area contributed by atoms with Gasteiger partial charge in [0, 0.05) is 11.8 Å². The second-order valence-electron chi connectivity index (χ2n) is 7.08. The normalized spacial score (nSPS) is 10.4. The van der Waals surface area contributed by atoms with Crippen molar-refractivity contribution in [3.63, 3.8) is 0 Å². The van der Waals surface area contributed by atoms with Crippen LogP contribution in [-0.2, 0) is 6.42 Å². The van der Waals surface area contributed by atoms with E-state index in [1.54, 1.807) is 0 Å². The number of benzene rings is 3. The summed E-state index contributed by atoms with van der Waals surface area (Å²) in [5.41, 5.74) is 8.90. The van der Waals surface area contributed by atoms with E-state index in [1.807, 2.05) is 36.4 Å². The molecule has 0 aliphatic rings. The highest BCUT2D eigenvalue weighted by Gasteiger charge is 2.01. The second-order valence-corrected chi connectivity index (χ2v) is 7.52. The first-order valence-corrected chi connectivity index (χ1v) is 10.6. The Balaban J connectivity index is 1.32. The van der Waals surface area contributed by atoms with Gasteiger partial charge >= 0.3 is 0 Å². The average molecular weight is 421 g/mol. The maximum absolute atomic E-state index is 5.93. The summed E-state index contributed by atoms with van der Waals surface area (Å²) < 4.78 is 11.7. The van der Waals surface area contributed by atoms with E-state index in [0.29, 0.717) is 13.2 Å². The molecule has 156 valence electrons. The molecule has 0 atom stereocenters. The standard InChI is InChI=1S/C25H28N2O2S/c26-25(30)27-22-12-8-14-24(19-22)29-16-6-2-5-15-28-23-13-7-11-21(18-23)17-20-9-3-1-4-10-20/h1,3-4,7-14,18-19H,2,5-6,15-17H2,(H3,26,27,30). The SMILES string of the molecule is NC(=S)Nc1cccc(OCCCCCOc2cccc(Cc3ccccc3)c2)c1. The van der Waals surface area contributed by atoms with E-state index < -0.39 is 0 Å². The fraction of sp³-hybridized carbons (Fsp3) is 0.240. The van der Waals surface area contributed by atoms with Crippen molar-refractivity contribution in [1.82, 2.24) is 0 Å². The van der Waals surface area contributed by atoms with Gasteiger partial charge in [-0.25, -0.2) is 0 Å². The molecule has 0 aliphatic carbocycles. The molecule has 0 heterocycles. The molecule has 0 bridgehead atoms. The largest absolute Gasteiger partial charge is 0.494 e. The smallest absolute Gasteiger partial charge is 0.168 e. The number of unbranched alkanes of at least 4 members (excludes halogenated alkanes) is 2. The topological polar surface area (TPSA) is 56.5 Å². The number of nitrogens with one attached hydrogen (secondary N) is 1. The van der Waals surface area contributed by atoms with Crippen LogP contribution in [0.2, 0.25) is 0 Å². The summed E-state index contributed by atoms with van der Waals surface area (Å²) in [6.07, 6.45) is 3.94. The molecule has 3 aromatic rings. The Morgan fingerprint density at radius 1 is 0.733 bits per heavy atom. The molecule has 3 rings (SSSR count). The van der Waals surface area contributed by atoms with Crippen molar-refractivity contribution in [3.05, 3.63) is 90.0 Å². The van der Waals surface area contributed by atoms with Crippen LogP contribution < -0.4 is 20.5 Å². The van der Waals surface area contributed by atoms with Crippen LogP contribution in [0.3, 0.4) is 0 Å². The van der Waals surface area contributed by atoms with Gasteiger partial charge in [-0.05, 0) is 73.3 Å². The Kier molecular flexibility index (Phi) is 8.54. The van der Waals surface area contributed by atoms with Crippen molar-refractivity contribution in [3.8, 4) is 11.5 Å². The third-order valence-electron chi connectivity index (χ3n) is 4.58. The molecule has 3 N–H and O–H groups in total. The summed E-state index contributed by atoms with van der Waals surface area (Å²) >= 11 is 4.85. The quantitative estimate of drug-likeness (QED) is 0.314. The Morgan fingerprint density at radius 3 is 2.07 bits per heavy atom. The van der Waals surface area contributed by atoms with Crippen LogP contribution in [0.25, 0.3) is 0 Å². The minimum Gasteiger partial charge on any atom is -0.494 e. The molecule has 30 heavy (non-hydrogen) atoms. The van der Waals surface area contributed by atoms with Gasteiger partial charge in [-0.1, -0.05) is 48.5 Å². The Bertz CT molecular complexity index is 931. The van der Waals surface area contributed by atoms with E-state index >= 15 is 0 Å². The fourth-order valence-corrected chi connectivity index (χ4v) is 3.26. The lowest BCUT2D eigenvalue weighted by Crippen LogP contribution is -2.18. The Hall–Kier alpha value is -3.05. The number of hydrogen-bond acceptors (Lipinski definition) is 3. The third kappa shape index (κ3) is 7.76. The Labute approximate surface area is 184 Å². The number of rotatable bonds is 11. The molecular weight excluding hydrogens is 392 g/mol. The highest BCUT2D eigenvalue weighted by atomic mass is 32.1. The summed E-state index contributed by atoms with van der Waals surface area (Å²) in [5, 5.41) is 3.16. The van der Waals surface area contributed by atoms with Crippen molar-refractivity contribution in [2.45, 2.75) is 25.7 Å². The minimum absolute atomic E-state index is 0.248. The fourth-order valence-electron chi connectivity index (χ4n) is 3.14. The molecule has 0 amide bonds. The van der Waals surface area contributed by atoms with Gasteiger partial charge in [-0.2, -0.15) is 0 Å². The zero-order valence-electron chi connectivity index (χ0n) is 17.1. The van der Waals surface area contributed by atoms with Gasteiger partial charge < -0.3 is 20.5 Å². The molecule has 0 aromatic heterocycles. The monoisotopic (exact) mass is 420 g/mol. The van der Waals surface area contributed by atoms with Crippen LogP contribution in [-0.4, -0.2) is 18.3 Å². The van der Waals surface area contributed by atoms with E-state index in [0.717, 1.165) is 42.9 Å². The minimum atomic E-state index is 0.248. The van der Waals surface area contributed by atoms with E-state index in [-0.39, 0.29) is 5.11 Å².